The van der Waals surface area contributed by atoms with E-state index in [9.17, 15) is 0 Å². The molecule has 2 heterocycles. The average Bonchev–Trinajstić information content (AvgIpc) is 2.85. The number of aromatic nitrogens is 1. The van der Waals surface area contributed by atoms with Crippen LogP contribution >= 0.6 is 11.8 Å². The summed E-state index contributed by atoms with van der Waals surface area (Å²) in [6, 6.07) is 6.17. The Hall–Kier alpha value is -1.00. The van der Waals surface area contributed by atoms with Crippen LogP contribution in [-0.4, -0.2) is 11.5 Å². The third-order valence-electron chi connectivity index (χ3n) is 3.00. The van der Waals surface area contributed by atoms with Crippen LogP contribution in [0, 0.1) is 6.92 Å². The summed E-state index contributed by atoms with van der Waals surface area (Å²) >= 11 is 1.74. The summed E-state index contributed by atoms with van der Waals surface area (Å²) < 4.78 is 0. The van der Waals surface area contributed by atoms with Crippen LogP contribution < -0.4 is 10.6 Å². The Morgan fingerprint density at radius 3 is 2.94 bits per heavy atom. The molecular formula is C14H21N3S. The predicted octanol–water partition coefficient (Wildman–Crippen LogP) is 3.09. The summed E-state index contributed by atoms with van der Waals surface area (Å²) in [5, 5.41) is 9.08. The van der Waals surface area contributed by atoms with Crippen LogP contribution in [-0.2, 0) is 4.99 Å². The fourth-order valence-electron chi connectivity index (χ4n) is 2.02. The first-order chi connectivity index (χ1) is 8.77. The van der Waals surface area contributed by atoms with E-state index >= 15 is 0 Å². The molecule has 0 radical (unpaired) electrons. The van der Waals surface area contributed by atoms with Gasteiger partial charge in [-0.15, -0.1) is 0 Å². The maximum Gasteiger partial charge on any atom is 0.184 e. The minimum Gasteiger partial charge on any atom is -0.359 e. The van der Waals surface area contributed by atoms with Crippen LogP contribution in [0.4, 0.5) is 0 Å². The number of hydrogen-bond donors (Lipinski definition) is 2. The number of rotatable bonds is 6. The minimum atomic E-state index is -0.278. The van der Waals surface area contributed by atoms with Gasteiger partial charge in [-0.3, -0.25) is 10.3 Å². The fraction of sp³-hybridized carbons (Fsp3) is 0.500. The second-order valence-electron chi connectivity index (χ2n) is 4.54. The number of pyridine rings is 1. The highest BCUT2D eigenvalue weighted by molar-refractivity contribution is 8.03. The van der Waals surface area contributed by atoms with Gasteiger partial charge in [0, 0.05) is 11.9 Å². The first-order valence-electron chi connectivity index (χ1n) is 6.56. The summed E-state index contributed by atoms with van der Waals surface area (Å²) in [6.45, 7) is 5.26. The second kappa shape index (κ2) is 6.25. The molecule has 18 heavy (non-hydrogen) atoms. The van der Waals surface area contributed by atoms with Crippen molar-refractivity contribution in [2.24, 2.45) is 0 Å². The molecule has 1 aliphatic heterocycles. The summed E-state index contributed by atoms with van der Waals surface area (Å²) in [4.78, 5) is 4.36. The third-order valence-corrected chi connectivity index (χ3v) is 4.10. The van der Waals surface area contributed by atoms with Crippen molar-refractivity contribution < 1.29 is 0 Å². The smallest absolute Gasteiger partial charge is 0.184 e. The molecule has 0 fully saturated rings. The Morgan fingerprint density at radius 1 is 1.39 bits per heavy atom. The van der Waals surface area contributed by atoms with E-state index < -0.39 is 0 Å². The van der Waals surface area contributed by atoms with Gasteiger partial charge in [-0.25, -0.2) is 0 Å². The normalized spacial score (nSPS) is 22.1. The number of unbranched alkanes of at least 4 members (excludes halogenated alkanes) is 2. The van der Waals surface area contributed by atoms with E-state index in [2.05, 4.69) is 40.1 Å². The number of hydrogen-bond acceptors (Lipinski definition) is 4. The van der Waals surface area contributed by atoms with E-state index in [0.29, 0.717) is 0 Å². The van der Waals surface area contributed by atoms with Crippen LogP contribution in [0.3, 0.4) is 0 Å². The Labute approximate surface area is 113 Å². The zero-order chi connectivity index (χ0) is 12.8. The Kier molecular flexibility index (Phi) is 4.66. The molecule has 0 aromatic carbocycles. The van der Waals surface area contributed by atoms with Gasteiger partial charge < -0.3 is 5.32 Å². The third kappa shape index (κ3) is 3.06. The highest BCUT2D eigenvalue weighted by Crippen LogP contribution is 2.34. The topological polar surface area (TPSA) is 37.0 Å². The molecule has 0 aliphatic carbocycles. The quantitative estimate of drug-likeness (QED) is 0.773. The van der Waals surface area contributed by atoms with E-state index in [4.69, 9.17) is 0 Å². The molecular weight excluding hydrogens is 242 g/mol. The van der Waals surface area contributed by atoms with Crippen LogP contribution in [0.5, 0.6) is 0 Å². The van der Waals surface area contributed by atoms with Crippen LogP contribution in [0.1, 0.15) is 37.6 Å². The van der Waals surface area contributed by atoms with Crippen molar-refractivity contribution in [1.82, 2.24) is 15.6 Å². The molecule has 0 amide bonds. The van der Waals surface area contributed by atoms with Crippen molar-refractivity contribution in [3.8, 4) is 0 Å². The molecule has 98 valence electrons. The molecule has 1 atom stereocenters. The first-order valence-corrected chi connectivity index (χ1v) is 7.44. The van der Waals surface area contributed by atoms with Crippen molar-refractivity contribution in [2.75, 3.05) is 6.54 Å². The molecule has 2 rings (SSSR count). The monoisotopic (exact) mass is 263 g/mol. The first kappa shape index (κ1) is 13.4. The van der Waals surface area contributed by atoms with Gasteiger partial charge in [0.1, 0.15) is 0 Å². The lowest BCUT2D eigenvalue weighted by molar-refractivity contribution is 0.426. The lowest BCUT2D eigenvalue weighted by atomic mass is 10.2. The lowest BCUT2D eigenvalue weighted by Crippen LogP contribution is -2.48. The van der Waals surface area contributed by atoms with E-state index in [1.165, 1.54) is 19.3 Å². The molecule has 1 aromatic rings. The van der Waals surface area contributed by atoms with Gasteiger partial charge in [-0.2, -0.15) is 0 Å². The van der Waals surface area contributed by atoms with Gasteiger partial charge in [-0.1, -0.05) is 37.6 Å². The van der Waals surface area contributed by atoms with Gasteiger partial charge in [0.25, 0.3) is 0 Å². The lowest BCUT2D eigenvalue weighted by Gasteiger charge is -2.30. The Balaban J connectivity index is 2.07. The maximum atomic E-state index is 4.64. The fourth-order valence-corrected chi connectivity index (χ4v) is 2.91. The van der Waals surface area contributed by atoms with Gasteiger partial charge in [0.2, 0.25) is 0 Å². The largest absolute Gasteiger partial charge is 0.359 e. The van der Waals surface area contributed by atoms with Crippen molar-refractivity contribution in [1.29, 1.82) is 0 Å². The standard InChI is InChI=1S/C14H21N3S/c1-3-4-5-9-15-14(16-10-11-18-14)13-8-6-7-12(2)17-13/h6-8,10-11,15-16H,3-5,9H2,1-2H3. The van der Waals surface area contributed by atoms with Crippen LogP contribution in [0.15, 0.2) is 29.8 Å². The summed E-state index contributed by atoms with van der Waals surface area (Å²) in [5.74, 6) is 0. The Bertz CT molecular complexity index is 409. The van der Waals surface area contributed by atoms with Gasteiger partial charge in [0.15, 0.2) is 4.99 Å². The number of nitrogens with one attached hydrogen (secondary N) is 2. The second-order valence-corrected chi connectivity index (χ2v) is 5.66. The summed E-state index contributed by atoms with van der Waals surface area (Å²) in [7, 11) is 0. The highest BCUT2D eigenvalue weighted by atomic mass is 32.2. The van der Waals surface area contributed by atoms with Crippen LogP contribution in [0.25, 0.3) is 0 Å². The summed E-state index contributed by atoms with van der Waals surface area (Å²) in [5.41, 5.74) is 2.10. The number of nitrogens with zero attached hydrogens (tertiary/aromatic N) is 1. The van der Waals surface area contributed by atoms with Crippen molar-refractivity contribution in [2.45, 2.75) is 38.1 Å². The molecule has 4 heteroatoms. The molecule has 0 saturated carbocycles. The van der Waals surface area contributed by atoms with Crippen LogP contribution in [0.2, 0.25) is 0 Å². The number of aryl methyl sites for hydroxylation is 1. The van der Waals surface area contributed by atoms with E-state index in [1.807, 2.05) is 19.2 Å². The van der Waals surface area contributed by atoms with E-state index in [0.717, 1.165) is 17.9 Å². The maximum absolute atomic E-state index is 4.64. The van der Waals surface area contributed by atoms with E-state index in [-0.39, 0.29) is 4.99 Å². The van der Waals surface area contributed by atoms with Crippen molar-refractivity contribution in [3.05, 3.63) is 41.2 Å². The van der Waals surface area contributed by atoms with E-state index in [1.54, 1.807) is 11.8 Å². The highest BCUT2D eigenvalue weighted by Gasteiger charge is 2.34. The molecule has 0 bridgehead atoms. The zero-order valence-electron chi connectivity index (χ0n) is 11.1. The van der Waals surface area contributed by atoms with Gasteiger partial charge >= 0.3 is 0 Å². The van der Waals surface area contributed by atoms with Crippen molar-refractivity contribution in [3.63, 3.8) is 0 Å². The van der Waals surface area contributed by atoms with Crippen molar-refractivity contribution >= 4 is 11.8 Å². The molecule has 1 aromatic heterocycles. The molecule has 1 aliphatic rings. The molecule has 0 spiro atoms. The van der Waals surface area contributed by atoms with Gasteiger partial charge in [-0.05, 0) is 37.4 Å². The molecule has 1 unspecified atom stereocenters. The average molecular weight is 263 g/mol. The zero-order valence-corrected chi connectivity index (χ0v) is 11.9. The SMILES string of the molecule is CCCCCNC1(c2cccc(C)n2)NC=CS1. The molecule has 3 nitrogen and oxygen atoms in total. The Morgan fingerprint density at radius 2 is 2.28 bits per heavy atom. The summed E-state index contributed by atoms with van der Waals surface area (Å²) in [6.07, 6.45) is 5.70. The van der Waals surface area contributed by atoms with Gasteiger partial charge in [0.05, 0.1) is 5.69 Å². The number of thioether (sulfide) groups is 1. The minimum absolute atomic E-state index is 0.278. The molecule has 0 saturated heterocycles. The molecule has 2 N–H and O–H groups in total. The predicted molar refractivity (Wildman–Crippen MR) is 78.0 cm³/mol.